The summed E-state index contributed by atoms with van der Waals surface area (Å²) in [7, 11) is 0. The van der Waals surface area contributed by atoms with Gasteiger partial charge in [0.15, 0.2) is 0 Å². The summed E-state index contributed by atoms with van der Waals surface area (Å²) < 4.78 is 5.67. The summed E-state index contributed by atoms with van der Waals surface area (Å²) >= 11 is 0. The lowest BCUT2D eigenvalue weighted by Crippen LogP contribution is -2.32. The fraction of sp³-hybridized carbons (Fsp3) is 0.278. The average molecular weight is 298 g/mol. The topological polar surface area (TPSA) is 50.4 Å². The molecule has 22 heavy (non-hydrogen) atoms. The van der Waals surface area contributed by atoms with Gasteiger partial charge in [0.25, 0.3) is 0 Å². The fourth-order valence-corrected chi connectivity index (χ4v) is 2.17. The van der Waals surface area contributed by atoms with Gasteiger partial charge in [-0.15, -0.1) is 0 Å². The van der Waals surface area contributed by atoms with Crippen LogP contribution in [0.3, 0.4) is 0 Å². The summed E-state index contributed by atoms with van der Waals surface area (Å²) in [5.74, 6) is 0.853. The summed E-state index contributed by atoms with van der Waals surface area (Å²) in [4.78, 5) is 11.8. The van der Waals surface area contributed by atoms with Crippen molar-refractivity contribution in [2.45, 2.75) is 20.8 Å². The number of nitrogens with one attached hydrogen (secondary N) is 2. The number of benzene rings is 2. The van der Waals surface area contributed by atoms with Crippen LogP contribution in [0.5, 0.6) is 5.75 Å². The van der Waals surface area contributed by atoms with E-state index in [-0.39, 0.29) is 6.03 Å². The van der Waals surface area contributed by atoms with Crippen molar-refractivity contribution < 1.29 is 9.53 Å². The predicted molar refractivity (Wildman–Crippen MR) is 89.6 cm³/mol. The van der Waals surface area contributed by atoms with Gasteiger partial charge >= 0.3 is 6.03 Å². The van der Waals surface area contributed by atoms with Crippen molar-refractivity contribution in [3.05, 3.63) is 59.2 Å². The number of hydrogen-bond acceptors (Lipinski definition) is 2. The predicted octanol–water partition coefficient (Wildman–Crippen LogP) is 3.81. The number of hydrogen-bond donors (Lipinski definition) is 2. The number of rotatable bonds is 5. The van der Waals surface area contributed by atoms with Gasteiger partial charge in [-0.1, -0.05) is 35.9 Å². The van der Waals surface area contributed by atoms with Crippen LogP contribution in [0.15, 0.2) is 42.5 Å². The molecule has 2 amide bonds. The van der Waals surface area contributed by atoms with Crippen molar-refractivity contribution in [3.63, 3.8) is 0 Å². The van der Waals surface area contributed by atoms with Gasteiger partial charge in [-0.25, -0.2) is 4.79 Å². The number of carbonyl (C=O) groups excluding carboxylic acids is 1. The first-order chi connectivity index (χ1) is 10.6. The van der Waals surface area contributed by atoms with E-state index in [0.29, 0.717) is 13.2 Å². The summed E-state index contributed by atoms with van der Waals surface area (Å²) in [6, 6.07) is 13.5. The van der Waals surface area contributed by atoms with E-state index in [4.69, 9.17) is 4.74 Å². The molecule has 2 rings (SSSR count). The van der Waals surface area contributed by atoms with Gasteiger partial charge in [-0.05, 0) is 44.0 Å². The lowest BCUT2D eigenvalue weighted by atomic mass is 10.1. The lowest BCUT2D eigenvalue weighted by molar-refractivity contribution is 0.247. The van der Waals surface area contributed by atoms with Gasteiger partial charge in [0.05, 0.1) is 6.54 Å². The minimum Gasteiger partial charge on any atom is -0.491 e. The Hall–Kier alpha value is -2.49. The van der Waals surface area contributed by atoms with Crippen molar-refractivity contribution in [1.82, 2.24) is 5.32 Å². The molecule has 0 aromatic heterocycles. The van der Waals surface area contributed by atoms with Crippen LogP contribution in [0.4, 0.5) is 10.5 Å². The number of ether oxygens (including phenoxy) is 1. The number of amides is 2. The van der Waals surface area contributed by atoms with Crippen molar-refractivity contribution in [3.8, 4) is 5.75 Å². The highest BCUT2D eigenvalue weighted by atomic mass is 16.5. The molecular weight excluding hydrogens is 276 g/mol. The molecule has 116 valence electrons. The largest absolute Gasteiger partial charge is 0.491 e. The number of urea groups is 1. The molecule has 0 aliphatic heterocycles. The van der Waals surface area contributed by atoms with E-state index >= 15 is 0 Å². The summed E-state index contributed by atoms with van der Waals surface area (Å²) in [6.07, 6.45) is 0. The third-order valence-corrected chi connectivity index (χ3v) is 3.37. The Balaban J connectivity index is 1.74. The summed E-state index contributed by atoms with van der Waals surface area (Å²) in [6.45, 7) is 6.91. The van der Waals surface area contributed by atoms with E-state index in [1.165, 1.54) is 5.56 Å². The molecule has 0 aliphatic carbocycles. The second-order valence-electron chi connectivity index (χ2n) is 5.31. The maximum Gasteiger partial charge on any atom is 0.319 e. The Labute approximate surface area is 131 Å². The third-order valence-electron chi connectivity index (χ3n) is 3.37. The Kier molecular flexibility index (Phi) is 5.42. The van der Waals surface area contributed by atoms with E-state index < -0.39 is 0 Å². The zero-order chi connectivity index (χ0) is 15.9. The zero-order valence-corrected chi connectivity index (χ0v) is 13.3. The van der Waals surface area contributed by atoms with Crippen molar-refractivity contribution in [1.29, 1.82) is 0 Å². The second kappa shape index (κ2) is 7.50. The molecule has 0 saturated carbocycles. The molecule has 4 nitrogen and oxygen atoms in total. The molecule has 0 atom stereocenters. The molecule has 0 aliphatic rings. The molecular formula is C18H22N2O2. The Morgan fingerprint density at radius 2 is 1.82 bits per heavy atom. The first-order valence-electron chi connectivity index (χ1n) is 7.37. The molecule has 0 fully saturated rings. The number of anilines is 1. The lowest BCUT2D eigenvalue weighted by Gasteiger charge is -2.12. The van der Waals surface area contributed by atoms with Crippen LogP contribution in [-0.2, 0) is 0 Å². The number of para-hydroxylation sites is 1. The monoisotopic (exact) mass is 298 g/mol. The zero-order valence-electron chi connectivity index (χ0n) is 13.3. The van der Waals surface area contributed by atoms with Crippen LogP contribution in [0, 0.1) is 20.8 Å². The van der Waals surface area contributed by atoms with Crippen molar-refractivity contribution in [2.75, 3.05) is 18.5 Å². The van der Waals surface area contributed by atoms with Crippen molar-refractivity contribution >= 4 is 11.7 Å². The van der Waals surface area contributed by atoms with Crippen LogP contribution >= 0.6 is 0 Å². The molecule has 4 heteroatoms. The van der Waals surface area contributed by atoms with E-state index in [2.05, 4.69) is 16.7 Å². The van der Waals surface area contributed by atoms with Crippen molar-refractivity contribution in [2.24, 2.45) is 0 Å². The Morgan fingerprint density at radius 3 is 2.55 bits per heavy atom. The molecule has 2 aromatic carbocycles. The molecule has 0 radical (unpaired) electrons. The maximum atomic E-state index is 11.8. The fourth-order valence-electron chi connectivity index (χ4n) is 2.17. The highest BCUT2D eigenvalue weighted by Gasteiger charge is 2.04. The maximum absolute atomic E-state index is 11.8. The van der Waals surface area contributed by atoms with Gasteiger partial charge in [-0.3, -0.25) is 0 Å². The number of aryl methyl sites for hydroxylation is 3. The first kappa shape index (κ1) is 15.9. The average Bonchev–Trinajstić information content (AvgIpc) is 2.48. The highest BCUT2D eigenvalue weighted by Crippen LogP contribution is 2.18. The molecule has 0 spiro atoms. The van der Waals surface area contributed by atoms with Crippen LogP contribution in [0.25, 0.3) is 0 Å². The van der Waals surface area contributed by atoms with Gasteiger partial charge < -0.3 is 15.4 Å². The molecule has 0 saturated heterocycles. The van der Waals surface area contributed by atoms with Crippen LogP contribution in [-0.4, -0.2) is 19.2 Å². The minimum atomic E-state index is -0.224. The second-order valence-corrected chi connectivity index (χ2v) is 5.31. The smallest absolute Gasteiger partial charge is 0.319 e. The molecule has 2 N–H and O–H groups in total. The van der Waals surface area contributed by atoms with E-state index in [9.17, 15) is 4.79 Å². The number of carbonyl (C=O) groups is 1. The van der Waals surface area contributed by atoms with Crippen LogP contribution in [0.1, 0.15) is 16.7 Å². The molecule has 2 aromatic rings. The molecule has 0 heterocycles. The SMILES string of the molecule is Cc1ccc(OCCNC(=O)Nc2ccccc2C)c(C)c1. The Bertz CT molecular complexity index is 653. The van der Waals surface area contributed by atoms with Gasteiger partial charge in [0, 0.05) is 5.69 Å². The third kappa shape index (κ3) is 4.52. The van der Waals surface area contributed by atoms with Gasteiger partial charge in [0.1, 0.15) is 12.4 Å². The molecule has 0 bridgehead atoms. The van der Waals surface area contributed by atoms with Crippen LogP contribution < -0.4 is 15.4 Å². The minimum absolute atomic E-state index is 0.224. The summed E-state index contributed by atoms with van der Waals surface area (Å²) in [5.41, 5.74) is 4.16. The van der Waals surface area contributed by atoms with E-state index in [1.54, 1.807) is 0 Å². The van der Waals surface area contributed by atoms with Gasteiger partial charge in [0.2, 0.25) is 0 Å². The van der Waals surface area contributed by atoms with E-state index in [1.807, 2.05) is 57.2 Å². The normalized spacial score (nSPS) is 10.1. The van der Waals surface area contributed by atoms with E-state index in [0.717, 1.165) is 22.6 Å². The quantitative estimate of drug-likeness (QED) is 0.825. The summed E-state index contributed by atoms with van der Waals surface area (Å²) in [5, 5.41) is 5.61. The first-order valence-corrected chi connectivity index (χ1v) is 7.37. The Morgan fingerprint density at radius 1 is 1.05 bits per heavy atom. The standard InChI is InChI=1S/C18H22N2O2/c1-13-8-9-17(15(3)12-13)22-11-10-19-18(21)20-16-7-5-4-6-14(16)2/h4-9,12H,10-11H2,1-3H3,(H2,19,20,21). The van der Waals surface area contributed by atoms with Gasteiger partial charge in [-0.2, -0.15) is 0 Å². The molecule has 0 unspecified atom stereocenters. The van der Waals surface area contributed by atoms with Crippen LogP contribution in [0.2, 0.25) is 0 Å². The highest BCUT2D eigenvalue weighted by molar-refractivity contribution is 5.89.